The molecular weight excluding hydrogens is 312 g/mol. The summed E-state index contributed by atoms with van der Waals surface area (Å²) in [7, 11) is -3.42. The lowest BCUT2D eigenvalue weighted by Gasteiger charge is -2.38. The van der Waals surface area contributed by atoms with Crippen molar-refractivity contribution in [2.45, 2.75) is 35.8 Å². The molecule has 0 bridgehead atoms. The quantitative estimate of drug-likeness (QED) is 0.848. The third kappa shape index (κ3) is 3.35. The van der Waals surface area contributed by atoms with Crippen LogP contribution in [0.5, 0.6) is 0 Å². The number of ether oxygens (including phenoxy) is 1. The van der Waals surface area contributed by atoms with Gasteiger partial charge in [-0.25, -0.2) is 8.42 Å². The van der Waals surface area contributed by atoms with E-state index in [1.165, 1.54) is 0 Å². The van der Waals surface area contributed by atoms with Gasteiger partial charge in [-0.2, -0.15) is 0 Å². The van der Waals surface area contributed by atoms with Crippen LogP contribution in [0.25, 0.3) is 0 Å². The molecule has 6 heteroatoms. The molecule has 2 fully saturated rings. The lowest BCUT2D eigenvalue weighted by molar-refractivity contribution is -0.0545. The van der Waals surface area contributed by atoms with Gasteiger partial charge in [0, 0.05) is 32.5 Å². The summed E-state index contributed by atoms with van der Waals surface area (Å²) in [6.07, 6.45) is 3.48. The van der Waals surface area contributed by atoms with Gasteiger partial charge in [-0.3, -0.25) is 10.2 Å². The first-order valence-electron chi connectivity index (χ1n) is 8.01. The highest BCUT2D eigenvalue weighted by atomic mass is 32.2. The highest BCUT2D eigenvalue weighted by Crippen LogP contribution is 2.31. The van der Waals surface area contributed by atoms with Crippen LogP contribution in [0.2, 0.25) is 0 Å². The van der Waals surface area contributed by atoms with E-state index in [0.717, 1.165) is 38.0 Å². The molecule has 1 aromatic rings. The van der Waals surface area contributed by atoms with Crippen molar-refractivity contribution in [2.24, 2.45) is 0 Å². The number of likely N-dealkylation sites (tertiary alicyclic amines) is 1. The fraction of sp³-hybridized carbons (Fsp3) is 0.529. The number of benzene rings is 1. The summed E-state index contributed by atoms with van der Waals surface area (Å²) >= 11 is 0. The molecule has 23 heavy (non-hydrogen) atoms. The smallest absolute Gasteiger partial charge is 0.196 e. The first-order valence-corrected chi connectivity index (χ1v) is 9.55. The molecule has 1 atom stereocenters. The average molecular weight is 336 g/mol. The van der Waals surface area contributed by atoms with Crippen molar-refractivity contribution in [3.05, 3.63) is 42.5 Å². The predicted octanol–water partition coefficient (Wildman–Crippen LogP) is 1.69. The van der Waals surface area contributed by atoms with Gasteiger partial charge in [-0.15, -0.1) is 6.58 Å². The Bertz CT molecular complexity index is 662. The molecule has 0 amide bonds. The van der Waals surface area contributed by atoms with E-state index >= 15 is 0 Å². The SMILES string of the molecule is C=CCN1CCC2(CC1)NC(S(=O)(=O)c1ccc(C)cc1)CO2. The normalized spacial score (nSPS) is 24.8. The molecule has 1 N–H and O–H groups in total. The largest absolute Gasteiger partial charge is 0.358 e. The molecule has 2 saturated heterocycles. The molecule has 0 aliphatic carbocycles. The van der Waals surface area contributed by atoms with Gasteiger partial charge >= 0.3 is 0 Å². The Balaban J connectivity index is 1.70. The third-order valence-electron chi connectivity index (χ3n) is 4.71. The van der Waals surface area contributed by atoms with Gasteiger partial charge in [0.2, 0.25) is 0 Å². The molecule has 1 spiro atoms. The minimum Gasteiger partial charge on any atom is -0.358 e. The summed E-state index contributed by atoms with van der Waals surface area (Å²) in [5.41, 5.74) is 0.547. The molecular formula is C17H24N2O3S. The second-order valence-electron chi connectivity index (χ2n) is 6.39. The van der Waals surface area contributed by atoms with Crippen LogP contribution < -0.4 is 5.32 Å². The number of aryl methyl sites for hydroxylation is 1. The molecule has 0 saturated carbocycles. The van der Waals surface area contributed by atoms with E-state index in [2.05, 4.69) is 16.8 Å². The summed E-state index contributed by atoms with van der Waals surface area (Å²) in [4.78, 5) is 2.65. The van der Waals surface area contributed by atoms with E-state index < -0.39 is 20.9 Å². The minimum atomic E-state index is -3.42. The fourth-order valence-electron chi connectivity index (χ4n) is 3.24. The van der Waals surface area contributed by atoms with Crippen molar-refractivity contribution in [3.8, 4) is 0 Å². The van der Waals surface area contributed by atoms with Gasteiger partial charge < -0.3 is 4.74 Å². The molecule has 126 valence electrons. The summed E-state index contributed by atoms with van der Waals surface area (Å²) < 4.78 is 31.5. The molecule has 2 aliphatic heterocycles. The molecule has 3 rings (SSSR count). The highest BCUT2D eigenvalue weighted by molar-refractivity contribution is 7.92. The van der Waals surface area contributed by atoms with Crippen molar-refractivity contribution in [3.63, 3.8) is 0 Å². The molecule has 1 unspecified atom stereocenters. The number of nitrogens with zero attached hydrogens (tertiary/aromatic N) is 1. The Labute approximate surface area is 138 Å². The van der Waals surface area contributed by atoms with Gasteiger partial charge in [-0.1, -0.05) is 23.8 Å². The van der Waals surface area contributed by atoms with Crippen LogP contribution >= 0.6 is 0 Å². The molecule has 2 heterocycles. The van der Waals surface area contributed by atoms with Crippen LogP contribution in [0, 0.1) is 6.92 Å². The number of nitrogens with one attached hydrogen (secondary N) is 1. The van der Waals surface area contributed by atoms with Crippen molar-refractivity contribution in [1.29, 1.82) is 0 Å². The second-order valence-corrected chi connectivity index (χ2v) is 8.52. The van der Waals surface area contributed by atoms with Crippen LogP contribution in [0.1, 0.15) is 18.4 Å². The van der Waals surface area contributed by atoms with E-state index in [1.807, 2.05) is 25.1 Å². The maximum Gasteiger partial charge on any atom is 0.196 e. The maximum atomic E-state index is 12.8. The van der Waals surface area contributed by atoms with Crippen molar-refractivity contribution < 1.29 is 13.2 Å². The zero-order valence-corrected chi connectivity index (χ0v) is 14.3. The van der Waals surface area contributed by atoms with Gasteiger partial charge in [0.1, 0.15) is 11.1 Å². The molecule has 0 radical (unpaired) electrons. The van der Waals surface area contributed by atoms with E-state index in [-0.39, 0.29) is 6.61 Å². The number of piperidine rings is 1. The Morgan fingerprint density at radius 1 is 1.35 bits per heavy atom. The van der Waals surface area contributed by atoms with Gasteiger partial charge in [0.15, 0.2) is 9.84 Å². The summed E-state index contributed by atoms with van der Waals surface area (Å²) in [6, 6.07) is 6.99. The van der Waals surface area contributed by atoms with Crippen molar-refractivity contribution in [2.75, 3.05) is 26.2 Å². The maximum absolute atomic E-state index is 12.8. The molecule has 1 aromatic carbocycles. The van der Waals surface area contributed by atoms with Crippen molar-refractivity contribution >= 4 is 9.84 Å². The standard InChI is InChI=1S/C17H24N2O3S/c1-3-10-19-11-8-17(9-12-19)18-16(13-22-17)23(20,21)15-6-4-14(2)5-7-15/h3-7,16,18H,1,8-13H2,2H3. The summed E-state index contributed by atoms with van der Waals surface area (Å²) in [5.74, 6) is 0. The van der Waals surface area contributed by atoms with Crippen LogP contribution in [0.15, 0.2) is 41.8 Å². The van der Waals surface area contributed by atoms with E-state index in [0.29, 0.717) is 4.90 Å². The molecule has 0 aromatic heterocycles. The van der Waals surface area contributed by atoms with Gasteiger partial charge in [0.25, 0.3) is 0 Å². The van der Waals surface area contributed by atoms with Gasteiger partial charge in [-0.05, 0) is 19.1 Å². The third-order valence-corrected chi connectivity index (χ3v) is 6.64. The Morgan fingerprint density at radius 3 is 2.61 bits per heavy atom. The lowest BCUT2D eigenvalue weighted by atomic mass is 10.0. The van der Waals surface area contributed by atoms with E-state index in [9.17, 15) is 8.42 Å². The highest BCUT2D eigenvalue weighted by Gasteiger charge is 2.46. The molecule has 5 nitrogen and oxygen atoms in total. The fourth-order valence-corrected chi connectivity index (χ4v) is 4.70. The number of hydrogen-bond acceptors (Lipinski definition) is 5. The second kappa shape index (κ2) is 6.36. The Kier molecular flexibility index (Phi) is 4.60. The van der Waals surface area contributed by atoms with E-state index in [1.54, 1.807) is 12.1 Å². The monoisotopic (exact) mass is 336 g/mol. The first kappa shape index (κ1) is 16.6. The van der Waals surface area contributed by atoms with Crippen LogP contribution in [-0.2, 0) is 14.6 Å². The first-order chi connectivity index (χ1) is 11.0. The average Bonchev–Trinajstić information content (AvgIpc) is 2.95. The molecule has 2 aliphatic rings. The lowest BCUT2D eigenvalue weighted by Crippen LogP contribution is -2.53. The van der Waals surface area contributed by atoms with Crippen LogP contribution in [-0.4, -0.2) is 50.7 Å². The Hall–Kier alpha value is -1.21. The zero-order chi connectivity index (χ0) is 16.5. The predicted molar refractivity (Wildman–Crippen MR) is 89.8 cm³/mol. The topological polar surface area (TPSA) is 58.6 Å². The zero-order valence-electron chi connectivity index (χ0n) is 13.5. The number of rotatable bonds is 4. The van der Waals surface area contributed by atoms with Crippen LogP contribution in [0.3, 0.4) is 0 Å². The van der Waals surface area contributed by atoms with E-state index in [4.69, 9.17) is 4.74 Å². The summed E-state index contributed by atoms with van der Waals surface area (Å²) in [6.45, 7) is 8.54. The minimum absolute atomic E-state index is 0.206. The van der Waals surface area contributed by atoms with Gasteiger partial charge in [0.05, 0.1) is 11.5 Å². The van der Waals surface area contributed by atoms with Crippen LogP contribution in [0.4, 0.5) is 0 Å². The Morgan fingerprint density at radius 2 is 2.00 bits per heavy atom. The number of sulfone groups is 1. The van der Waals surface area contributed by atoms with Crippen molar-refractivity contribution in [1.82, 2.24) is 10.2 Å². The summed E-state index contributed by atoms with van der Waals surface area (Å²) in [5, 5.41) is 2.59. The number of hydrogen-bond donors (Lipinski definition) is 1.